The lowest BCUT2D eigenvalue weighted by atomic mass is 9.68. The van der Waals surface area contributed by atoms with Gasteiger partial charge in [-0.05, 0) is 57.8 Å². The summed E-state index contributed by atoms with van der Waals surface area (Å²) in [4.78, 5) is 0. The van der Waals surface area contributed by atoms with Crippen LogP contribution in [0.5, 0.6) is 0 Å². The van der Waals surface area contributed by atoms with Gasteiger partial charge in [0.2, 0.25) is 0 Å². The molecular formula is C14H25BO2. The van der Waals surface area contributed by atoms with Crippen LogP contribution in [0.25, 0.3) is 0 Å². The number of hydrogen-bond donors (Lipinski definition) is 0. The van der Waals surface area contributed by atoms with Gasteiger partial charge in [-0.25, -0.2) is 0 Å². The zero-order valence-electron chi connectivity index (χ0n) is 12.0. The van der Waals surface area contributed by atoms with Crippen LogP contribution >= 0.6 is 0 Å². The molecule has 96 valence electrons. The van der Waals surface area contributed by atoms with Crippen molar-refractivity contribution in [3.8, 4) is 0 Å². The molecule has 1 fully saturated rings. The van der Waals surface area contributed by atoms with Gasteiger partial charge < -0.3 is 9.31 Å². The molecule has 0 bridgehead atoms. The summed E-state index contributed by atoms with van der Waals surface area (Å²) in [5, 5.41) is 0. The van der Waals surface area contributed by atoms with Crippen LogP contribution in [0.3, 0.4) is 0 Å². The van der Waals surface area contributed by atoms with E-state index in [-0.39, 0.29) is 18.3 Å². The van der Waals surface area contributed by atoms with Gasteiger partial charge in [0.25, 0.3) is 0 Å². The van der Waals surface area contributed by atoms with E-state index in [0.29, 0.717) is 5.92 Å². The van der Waals surface area contributed by atoms with Crippen LogP contribution in [0.1, 0.15) is 54.4 Å². The Hall–Kier alpha value is -0.275. The van der Waals surface area contributed by atoms with Crippen LogP contribution in [0.2, 0.25) is 0 Å². The third-order valence-electron chi connectivity index (χ3n) is 4.41. The van der Waals surface area contributed by atoms with Crippen LogP contribution in [0, 0.1) is 11.8 Å². The predicted octanol–water partition coefficient (Wildman–Crippen LogP) is 3.61. The zero-order valence-corrected chi connectivity index (χ0v) is 12.0. The Morgan fingerprint density at radius 3 is 2.12 bits per heavy atom. The second kappa shape index (κ2) is 4.13. The van der Waals surface area contributed by atoms with Gasteiger partial charge in [-0.3, -0.25) is 0 Å². The summed E-state index contributed by atoms with van der Waals surface area (Å²) in [6, 6.07) is 0. The fraction of sp³-hybridized carbons (Fsp3) is 0.857. The highest BCUT2D eigenvalue weighted by molar-refractivity contribution is 6.54. The van der Waals surface area contributed by atoms with Gasteiger partial charge in [-0.1, -0.05) is 19.9 Å². The first kappa shape index (κ1) is 13.2. The number of rotatable bonds is 1. The van der Waals surface area contributed by atoms with Crippen molar-refractivity contribution >= 4 is 7.12 Å². The summed E-state index contributed by atoms with van der Waals surface area (Å²) >= 11 is 0. The first-order chi connectivity index (χ1) is 7.71. The molecule has 0 aromatic heterocycles. The predicted molar refractivity (Wildman–Crippen MR) is 71.7 cm³/mol. The zero-order chi connectivity index (χ0) is 12.8. The Balaban J connectivity index is 2.16. The molecule has 1 heterocycles. The highest BCUT2D eigenvalue weighted by Gasteiger charge is 2.52. The summed E-state index contributed by atoms with van der Waals surface area (Å²) < 4.78 is 12.2. The van der Waals surface area contributed by atoms with Gasteiger partial charge in [0.05, 0.1) is 11.2 Å². The third kappa shape index (κ3) is 2.46. The molecule has 1 aliphatic carbocycles. The molecule has 3 heteroatoms. The Labute approximate surface area is 106 Å². The average Bonchev–Trinajstić information content (AvgIpc) is 2.34. The van der Waals surface area contributed by atoms with Crippen molar-refractivity contribution < 1.29 is 9.31 Å². The van der Waals surface area contributed by atoms with Gasteiger partial charge in [-0.2, -0.15) is 0 Å². The van der Waals surface area contributed by atoms with E-state index in [4.69, 9.17) is 9.31 Å². The Morgan fingerprint density at radius 1 is 1.12 bits per heavy atom. The van der Waals surface area contributed by atoms with Gasteiger partial charge in [0.1, 0.15) is 0 Å². The molecule has 2 rings (SSSR count). The quantitative estimate of drug-likeness (QED) is 0.647. The van der Waals surface area contributed by atoms with Crippen molar-refractivity contribution in [2.24, 2.45) is 11.8 Å². The maximum Gasteiger partial charge on any atom is 0.490 e. The van der Waals surface area contributed by atoms with Crippen molar-refractivity contribution in [1.29, 1.82) is 0 Å². The second-order valence-electron chi connectivity index (χ2n) is 6.85. The molecule has 17 heavy (non-hydrogen) atoms. The topological polar surface area (TPSA) is 18.5 Å². The van der Waals surface area contributed by atoms with E-state index in [0.717, 1.165) is 12.3 Å². The van der Waals surface area contributed by atoms with Crippen molar-refractivity contribution in [3.05, 3.63) is 11.5 Å². The number of allylic oxidation sites excluding steroid dienone is 2. The van der Waals surface area contributed by atoms with E-state index in [1.165, 1.54) is 11.9 Å². The van der Waals surface area contributed by atoms with Gasteiger partial charge >= 0.3 is 7.12 Å². The first-order valence-corrected chi connectivity index (χ1v) is 6.77. The molecule has 0 amide bonds. The lowest BCUT2D eigenvalue weighted by Gasteiger charge is -2.32. The van der Waals surface area contributed by atoms with Gasteiger partial charge in [0.15, 0.2) is 0 Å². The van der Waals surface area contributed by atoms with Gasteiger partial charge in [0, 0.05) is 0 Å². The summed E-state index contributed by atoms with van der Waals surface area (Å²) in [6.07, 6.45) is 4.74. The molecule has 2 atom stereocenters. The molecule has 0 unspecified atom stereocenters. The van der Waals surface area contributed by atoms with Crippen LogP contribution in [-0.4, -0.2) is 18.3 Å². The lowest BCUT2D eigenvalue weighted by molar-refractivity contribution is 0.00578. The average molecular weight is 236 g/mol. The normalized spacial score (nSPS) is 35.9. The van der Waals surface area contributed by atoms with E-state index >= 15 is 0 Å². The second-order valence-corrected chi connectivity index (χ2v) is 6.85. The van der Waals surface area contributed by atoms with Crippen LogP contribution < -0.4 is 0 Å². The monoisotopic (exact) mass is 236 g/mol. The maximum absolute atomic E-state index is 6.11. The van der Waals surface area contributed by atoms with E-state index in [1.54, 1.807) is 0 Å². The van der Waals surface area contributed by atoms with E-state index < -0.39 is 0 Å². The summed E-state index contributed by atoms with van der Waals surface area (Å²) in [7, 11) is -0.134. The molecule has 0 aromatic carbocycles. The maximum atomic E-state index is 6.11. The molecular weight excluding hydrogens is 211 g/mol. The fourth-order valence-corrected chi connectivity index (χ4v) is 2.79. The van der Waals surface area contributed by atoms with Crippen molar-refractivity contribution in [3.63, 3.8) is 0 Å². The highest BCUT2D eigenvalue weighted by Crippen LogP contribution is 2.41. The Bertz CT molecular complexity index is 317. The molecule has 0 saturated carbocycles. The van der Waals surface area contributed by atoms with E-state index in [9.17, 15) is 0 Å². The van der Waals surface area contributed by atoms with Crippen molar-refractivity contribution in [2.45, 2.75) is 65.6 Å². The molecule has 1 aliphatic heterocycles. The van der Waals surface area contributed by atoms with Crippen molar-refractivity contribution in [2.75, 3.05) is 0 Å². The summed E-state index contributed by atoms with van der Waals surface area (Å²) in [6.45, 7) is 13.1. The molecule has 2 nitrogen and oxygen atoms in total. The minimum Gasteiger partial charge on any atom is -0.400 e. The SMILES string of the molecule is C[C@H]1CC(B2OC(C)(C)C(C)(C)O2)=C[C@H](C)C1. The highest BCUT2D eigenvalue weighted by atomic mass is 16.7. The van der Waals surface area contributed by atoms with Crippen molar-refractivity contribution in [1.82, 2.24) is 0 Å². The Morgan fingerprint density at radius 2 is 1.65 bits per heavy atom. The Kier molecular flexibility index (Phi) is 3.20. The van der Waals surface area contributed by atoms with E-state index in [1.807, 2.05) is 0 Å². The first-order valence-electron chi connectivity index (χ1n) is 6.77. The fourth-order valence-electron chi connectivity index (χ4n) is 2.79. The summed E-state index contributed by atoms with van der Waals surface area (Å²) in [5.41, 5.74) is 0.903. The molecule has 2 aliphatic rings. The molecule has 0 radical (unpaired) electrons. The largest absolute Gasteiger partial charge is 0.490 e. The standard InChI is InChI=1S/C14H25BO2/c1-10-7-11(2)9-12(8-10)15-16-13(3,4)14(5,6)17-15/h8,10-11H,7,9H2,1-6H3/t10-,11-/m1/s1. The van der Waals surface area contributed by atoms with Crippen LogP contribution in [0.4, 0.5) is 0 Å². The minimum absolute atomic E-state index is 0.134. The number of hydrogen-bond acceptors (Lipinski definition) is 2. The molecule has 0 spiro atoms. The van der Waals surface area contributed by atoms with Gasteiger partial charge in [-0.15, -0.1) is 0 Å². The minimum atomic E-state index is -0.220. The van der Waals surface area contributed by atoms with Crippen LogP contribution in [-0.2, 0) is 9.31 Å². The smallest absolute Gasteiger partial charge is 0.400 e. The molecule has 1 saturated heterocycles. The lowest BCUT2D eigenvalue weighted by Crippen LogP contribution is -2.41. The molecule has 0 N–H and O–H groups in total. The van der Waals surface area contributed by atoms with E-state index in [2.05, 4.69) is 47.6 Å². The van der Waals surface area contributed by atoms with Crippen LogP contribution in [0.15, 0.2) is 11.5 Å². The molecule has 0 aromatic rings. The summed E-state index contributed by atoms with van der Waals surface area (Å²) in [5.74, 6) is 1.39. The third-order valence-corrected chi connectivity index (χ3v) is 4.41.